The van der Waals surface area contributed by atoms with Crippen LogP contribution in [0.5, 0.6) is 0 Å². The van der Waals surface area contributed by atoms with E-state index in [1.807, 2.05) is 12.1 Å². The van der Waals surface area contributed by atoms with Gasteiger partial charge in [-0.3, -0.25) is 0 Å². The summed E-state index contributed by atoms with van der Waals surface area (Å²) in [6, 6.07) is 3.89. The summed E-state index contributed by atoms with van der Waals surface area (Å²) in [4.78, 5) is 2.18. The van der Waals surface area contributed by atoms with Gasteiger partial charge in [0, 0.05) is 19.2 Å². The van der Waals surface area contributed by atoms with Crippen molar-refractivity contribution in [3.05, 3.63) is 18.4 Å². The predicted octanol–water partition coefficient (Wildman–Crippen LogP) is 1.12. The lowest BCUT2D eigenvalue weighted by molar-refractivity contribution is 0.120. The molecule has 60 valence electrons. The smallest absolute Gasteiger partial charge is 0.195 e. The van der Waals surface area contributed by atoms with Crippen LogP contribution in [0, 0.1) is 0 Å². The highest BCUT2D eigenvalue weighted by Crippen LogP contribution is 2.14. The Kier molecular flexibility index (Phi) is 1.81. The highest BCUT2D eigenvalue weighted by Gasteiger charge is 2.12. The predicted molar refractivity (Wildman–Crippen MR) is 41.7 cm³/mol. The van der Waals surface area contributed by atoms with Crippen molar-refractivity contribution in [2.75, 3.05) is 31.2 Å². The monoisotopic (exact) mass is 153 g/mol. The van der Waals surface area contributed by atoms with Gasteiger partial charge in [-0.15, -0.1) is 0 Å². The molecular weight excluding hydrogens is 142 g/mol. The van der Waals surface area contributed by atoms with E-state index < -0.39 is 0 Å². The SMILES string of the molecule is c1coc(N2CCOCC2)c1. The summed E-state index contributed by atoms with van der Waals surface area (Å²) < 4.78 is 10.5. The summed E-state index contributed by atoms with van der Waals surface area (Å²) in [6.45, 7) is 3.49. The first-order valence-corrected chi connectivity index (χ1v) is 3.83. The van der Waals surface area contributed by atoms with Gasteiger partial charge in [0.05, 0.1) is 19.5 Å². The molecule has 11 heavy (non-hydrogen) atoms. The van der Waals surface area contributed by atoms with E-state index in [4.69, 9.17) is 9.15 Å². The molecule has 0 aromatic carbocycles. The van der Waals surface area contributed by atoms with Crippen molar-refractivity contribution in [2.24, 2.45) is 0 Å². The molecule has 3 heteroatoms. The van der Waals surface area contributed by atoms with Gasteiger partial charge in [-0.1, -0.05) is 0 Å². The fourth-order valence-corrected chi connectivity index (χ4v) is 1.23. The Balaban J connectivity index is 2.04. The number of anilines is 1. The van der Waals surface area contributed by atoms with Crippen LogP contribution in [-0.4, -0.2) is 26.3 Å². The van der Waals surface area contributed by atoms with Gasteiger partial charge in [-0.2, -0.15) is 0 Å². The number of rotatable bonds is 1. The minimum absolute atomic E-state index is 0.806. The molecule has 1 aliphatic rings. The third-order valence-corrected chi connectivity index (χ3v) is 1.83. The molecule has 2 rings (SSSR count). The lowest BCUT2D eigenvalue weighted by atomic mass is 10.4. The molecule has 1 aliphatic heterocycles. The molecule has 0 N–H and O–H groups in total. The van der Waals surface area contributed by atoms with Crippen LogP contribution < -0.4 is 4.90 Å². The van der Waals surface area contributed by atoms with Crippen LogP contribution in [0.15, 0.2) is 22.8 Å². The maximum Gasteiger partial charge on any atom is 0.195 e. The highest BCUT2D eigenvalue weighted by atomic mass is 16.5. The fourth-order valence-electron chi connectivity index (χ4n) is 1.23. The number of morpholine rings is 1. The van der Waals surface area contributed by atoms with Crippen LogP contribution in [0.4, 0.5) is 5.88 Å². The van der Waals surface area contributed by atoms with Gasteiger partial charge >= 0.3 is 0 Å². The third-order valence-electron chi connectivity index (χ3n) is 1.83. The van der Waals surface area contributed by atoms with E-state index in [-0.39, 0.29) is 0 Å². The minimum atomic E-state index is 0.806. The Morgan fingerprint density at radius 2 is 2.09 bits per heavy atom. The molecule has 0 bridgehead atoms. The van der Waals surface area contributed by atoms with E-state index in [2.05, 4.69) is 4.90 Å². The summed E-state index contributed by atoms with van der Waals surface area (Å²) in [5.74, 6) is 0.952. The van der Waals surface area contributed by atoms with Crippen LogP contribution in [-0.2, 0) is 4.74 Å². The van der Waals surface area contributed by atoms with Gasteiger partial charge in [0.2, 0.25) is 0 Å². The number of hydrogen-bond donors (Lipinski definition) is 0. The summed E-state index contributed by atoms with van der Waals surface area (Å²) in [5.41, 5.74) is 0. The van der Waals surface area contributed by atoms with Crippen molar-refractivity contribution in [1.82, 2.24) is 0 Å². The van der Waals surface area contributed by atoms with Crippen molar-refractivity contribution in [1.29, 1.82) is 0 Å². The zero-order chi connectivity index (χ0) is 7.52. The highest BCUT2D eigenvalue weighted by molar-refractivity contribution is 5.34. The molecule has 0 radical (unpaired) electrons. The van der Waals surface area contributed by atoms with Crippen molar-refractivity contribution in [2.45, 2.75) is 0 Å². The average Bonchev–Trinajstić information content (AvgIpc) is 2.58. The minimum Gasteiger partial charge on any atom is -0.449 e. The zero-order valence-electron chi connectivity index (χ0n) is 6.32. The number of hydrogen-bond acceptors (Lipinski definition) is 3. The molecule has 0 spiro atoms. The van der Waals surface area contributed by atoms with Crippen molar-refractivity contribution in [3.63, 3.8) is 0 Å². The lowest BCUT2D eigenvalue weighted by Crippen LogP contribution is -2.35. The molecule has 1 aromatic rings. The van der Waals surface area contributed by atoms with E-state index in [1.165, 1.54) is 0 Å². The number of ether oxygens (including phenoxy) is 1. The van der Waals surface area contributed by atoms with E-state index in [0.717, 1.165) is 32.2 Å². The van der Waals surface area contributed by atoms with Gasteiger partial charge < -0.3 is 14.1 Å². The fraction of sp³-hybridized carbons (Fsp3) is 0.500. The van der Waals surface area contributed by atoms with Crippen LogP contribution in [0.25, 0.3) is 0 Å². The standard InChI is InChI=1S/C8H11NO2/c1-2-8(11-5-1)9-3-6-10-7-4-9/h1-2,5H,3-4,6-7H2. The normalized spacial score (nSPS) is 18.7. The van der Waals surface area contributed by atoms with Gasteiger partial charge in [-0.25, -0.2) is 0 Å². The molecule has 2 heterocycles. The molecule has 0 atom stereocenters. The molecule has 0 amide bonds. The van der Waals surface area contributed by atoms with E-state index in [9.17, 15) is 0 Å². The van der Waals surface area contributed by atoms with Gasteiger partial charge in [0.25, 0.3) is 0 Å². The Hall–Kier alpha value is -0.960. The van der Waals surface area contributed by atoms with Crippen molar-refractivity contribution >= 4 is 5.88 Å². The van der Waals surface area contributed by atoms with Crippen molar-refractivity contribution < 1.29 is 9.15 Å². The summed E-state index contributed by atoms with van der Waals surface area (Å²) in [5, 5.41) is 0. The van der Waals surface area contributed by atoms with Gasteiger partial charge in [0.1, 0.15) is 0 Å². The van der Waals surface area contributed by atoms with Crippen LogP contribution in [0.3, 0.4) is 0 Å². The first-order chi connectivity index (χ1) is 5.47. The Morgan fingerprint density at radius 1 is 1.27 bits per heavy atom. The summed E-state index contributed by atoms with van der Waals surface area (Å²) >= 11 is 0. The Bertz CT molecular complexity index is 202. The zero-order valence-corrected chi connectivity index (χ0v) is 6.32. The van der Waals surface area contributed by atoms with Crippen LogP contribution >= 0.6 is 0 Å². The maximum absolute atomic E-state index is 5.24. The molecule has 0 saturated carbocycles. The van der Waals surface area contributed by atoms with Crippen LogP contribution in [0.2, 0.25) is 0 Å². The average molecular weight is 153 g/mol. The quantitative estimate of drug-likeness (QED) is 0.604. The van der Waals surface area contributed by atoms with Gasteiger partial charge in [0.15, 0.2) is 5.88 Å². The van der Waals surface area contributed by atoms with E-state index in [0.29, 0.717) is 0 Å². The van der Waals surface area contributed by atoms with Crippen LogP contribution in [0.1, 0.15) is 0 Å². The van der Waals surface area contributed by atoms with E-state index >= 15 is 0 Å². The van der Waals surface area contributed by atoms with Crippen molar-refractivity contribution in [3.8, 4) is 0 Å². The topological polar surface area (TPSA) is 25.6 Å². The number of nitrogens with zero attached hydrogens (tertiary/aromatic N) is 1. The third kappa shape index (κ3) is 1.38. The second-order valence-electron chi connectivity index (χ2n) is 2.55. The molecule has 1 saturated heterocycles. The molecule has 0 unspecified atom stereocenters. The number of furan rings is 1. The summed E-state index contributed by atoms with van der Waals surface area (Å²) in [6.07, 6.45) is 1.70. The Morgan fingerprint density at radius 3 is 2.73 bits per heavy atom. The molecule has 1 aromatic heterocycles. The molecule has 3 nitrogen and oxygen atoms in total. The molecule has 0 aliphatic carbocycles. The maximum atomic E-state index is 5.24. The molecule has 1 fully saturated rings. The molecular formula is C8H11NO2. The van der Waals surface area contributed by atoms with E-state index in [1.54, 1.807) is 6.26 Å². The second-order valence-corrected chi connectivity index (χ2v) is 2.55. The first-order valence-electron chi connectivity index (χ1n) is 3.83. The second kappa shape index (κ2) is 2.96. The summed E-state index contributed by atoms with van der Waals surface area (Å²) in [7, 11) is 0. The first kappa shape index (κ1) is 6.73. The largest absolute Gasteiger partial charge is 0.449 e. The Labute approximate surface area is 65.6 Å². The lowest BCUT2D eigenvalue weighted by Gasteiger charge is -2.25. The van der Waals surface area contributed by atoms with Gasteiger partial charge in [-0.05, 0) is 6.07 Å².